The van der Waals surface area contributed by atoms with Crippen molar-refractivity contribution >= 4 is 17.6 Å². The molecule has 0 aliphatic rings. The number of hydrogen-bond donors (Lipinski definition) is 3. The molecule has 1 amide bonds. The molecule has 1 radical (unpaired) electrons. The van der Waals surface area contributed by atoms with Gasteiger partial charge in [-0.15, -0.1) is 0 Å². The Labute approximate surface area is 149 Å². The Hall–Kier alpha value is -2.70. The fourth-order valence-corrected chi connectivity index (χ4v) is 1.49. The Balaban J connectivity index is 0.000000954. The zero-order chi connectivity index (χ0) is 17.2. The molecule has 7 nitrogen and oxygen atoms in total. The number of nitrogens with zero attached hydrogens (tertiary/aromatic N) is 2. The van der Waals surface area contributed by atoms with Crippen molar-refractivity contribution in [2.45, 2.75) is 13.8 Å². The number of phenolic OH excluding ortho intramolecular Hbond substituents is 1. The van der Waals surface area contributed by atoms with Crippen LogP contribution in [0.2, 0.25) is 0 Å². The van der Waals surface area contributed by atoms with E-state index in [-0.39, 0.29) is 28.4 Å². The van der Waals surface area contributed by atoms with Crippen LogP contribution in [0.1, 0.15) is 29.9 Å². The Kier molecular flexibility index (Phi) is 9.70. The molecule has 0 atom stereocenters. The average Bonchev–Trinajstić information content (AvgIpc) is 2.53. The van der Waals surface area contributed by atoms with E-state index in [4.69, 9.17) is 9.90 Å². The van der Waals surface area contributed by atoms with Crippen molar-refractivity contribution in [3.8, 4) is 5.75 Å². The van der Waals surface area contributed by atoms with Gasteiger partial charge in [0.25, 0.3) is 11.9 Å². The molecule has 0 saturated heterocycles. The molecule has 1 aromatic carbocycles. The fraction of sp³-hybridized carbons (Fsp3) is 0.125. The first-order valence-corrected chi connectivity index (χ1v) is 6.65. The normalized spacial score (nSPS) is 9.83. The zero-order valence-corrected chi connectivity index (χ0v) is 14.0. The molecule has 24 heavy (non-hydrogen) atoms. The van der Waals surface area contributed by atoms with Gasteiger partial charge in [-0.1, -0.05) is 18.2 Å². The molecule has 0 saturated carbocycles. The molecular formula is C16H17CuN3O4. The second kappa shape index (κ2) is 10.9. The number of amides is 1. The number of aliphatic carboxylic acids is 1. The van der Waals surface area contributed by atoms with Crippen LogP contribution in [-0.4, -0.2) is 32.8 Å². The van der Waals surface area contributed by atoms with Crippen molar-refractivity contribution in [3.63, 3.8) is 0 Å². The van der Waals surface area contributed by atoms with Crippen LogP contribution in [0.3, 0.4) is 0 Å². The Morgan fingerprint density at radius 2 is 1.67 bits per heavy atom. The summed E-state index contributed by atoms with van der Waals surface area (Å²) in [4.78, 5) is 24.9. The smallest absolute Gasteiger partial charge is 0.300 e. The van der Waals surface area contributed by atoms with Gasteiger partial charge in [-0.25, -0.2) is 5.43 Å². The van der Waals surface area contributed by atoms with Crippen molar-refractivity contribution in [1.82, 2.24) is 10.4 Å². The Morgan fingerprint density at radius 3 is 2.21 bits per heavy atom. The first-order chi connectivity index (χ1) is 10.9. The van der Waals surface area contributed by atoms with Crippen molar-refractivity contribution in [2.75, 3.05) is 0 Å². The zero-order valence-electron chi connectivity index (χ0n) is 13.0. The van der Waals surface area contributed by atoms with Gasteiger partial charge in [0.2, 0.25) is 0 Å². The molecule has 0 spiro atoms. The summed E-state index contributed by atoms with van der Waals surface area (Å²) in [5, 5.41) is 20.9. The van der Waals surface area contributed by atoms with E-state index in [1.165, 1.54) is 12.1 Å². The molecule has 8 heteroatoms. The van der Waals surface area contributed by atoms with Crippen LogP contribution in [0.25, 0.3) is 0 Å². The molecule has 131 valence electrons. The fourth-order valence-electron chi connectivity index (χ4n) is 1.49. The number of carboxylic acids is 1. The number of hydrogen-bond acceptors (Lipinski definition) is 5. The summed E-state index contributed by atoms with van der Waals surface area (Å²) in [5.41, 5.74) is 3.84. The van der Waals surface area contributed by atoms with E-state index in [0.29, 0.717) is 11.4 Å². The second-order valence-electron chi connectivity index (χ2n) is 4.39. The van der Waals surface area contributed by atoms with Gasteiger partial charge in [0.15, 0.2) is 0 Å². The minimum absolute atomic E-state index is 0. The predicted octanol–water partition coefficient (Wildman–Crippen LogP) is 2.03. The number of hydrazone groups is 1. The first-order valence-electron chi connectivity index (χ1n) is 6.65. The third kappa shape index (κ3) is 7.53. The second-order valence-corrected chi connectivity index (χ2v) is 4.39. The van der Waals surface area contributed by atoms with Crippen LogP contribution in [0.5, 0.6) is 5.75 Å². The molecule has 0 unspecified atom stereocenters. The quantitative estimate of drug-likeness (QED) is 0.430. The van der Waals surface area contributed by atoms with E-state index in [9.17, 15) is 9.90 Å². The van der Waals surface area contributed by atoms with Crippen LogP contribution < -0.4 is 5.43 Å². The Bertz CT molecular complexity index is 701. The van der Waals surface area contributed by atoms with E-state index < -0.39 is 11.9 Å². The van der Waals surface area contributed by atoms with Gasteiger partial charge >= 0.3 is 0 Å². The number of carbonyl (C=O) groups excluding carboxylic acids is 1. The van der Waals surface area contributed by atoms with Crippen molar-refractivity contribution in [1.29, 1.82) is 0 Å². The number of aromatic hydroxyl groups is 1. The average molecular weight is 379 g/mol. The maximum atomic E-state index is 11.8. The van der Waals surface area contributed by atoms with Crippen LogP contribution in [-0.2, 0) is 21.9 Å². The number of benzene rings is 1. The third-order valence-electron chi connectivity index (χ3n) is 2.51. The van der Waals surface area contributed by atoms with Crippen molar-refractivity contribution < 1.29 is 36.9 Å². The molecular weight excluding hydrogens is 362 g/mol. The number of carbonyl (C=O) groups is 2. The maximum Gasteiger partial charge on any atom is 0.300 e. The molecule has 2 rings (SSSR count). The van der Waals surface area contributed by atoms with Gasteiger partial charge in [0.1, 0.15) is 5.75 Å². The molecule has 0 bridgehead atoms. The Morgan fingerprint density at radius 1 is 1.08 bits per heavy atom. The van der Waals surface area contributed by atoms with Crippen molar-refractivity contribution in [3.05, 3.63) is 59.9 Å². The van der Waals surface area contributed by atoms with E-state index in [1.54, 1.807) is 37.4 Å². The van der Waals surface area contributed by atoms with Gasteiger partial charge in [0.05, 0.1) is 17.0 Å². The number of pyridine rings is 1. The van der Waals surface area contributed by atoms with Crippen LogP contribution in [0.4, 0.5) is 0 Å². The number of para-hydroxylation sites is 1. The van der Waals surface area contributed by atoms with E-state index in [1.807, 2.05) is 6.07 Å². The van der Waals surface area contributed by atoms with E-state index >= 15 is 0 Å². The first kappa shape index (κ1) is 21.3. The number of phenols is 1. The molecule has 2 aromatic rings. The number of carboxylic acid groups (broad SMARTS) is 1. The van der Waals surface area contributed by atoms with Crippen LogP contribution in [0, 0.1) is 0 Å². The van der Waals surface area contributed by atoms with Gasteiger partial charge in [-0.2, -0.15) is 5.10 Å². The van der Waals surface area contributed by atoms with Gasteiger partial charge in [-0.05, 0) is 31.2 Å². The molecule has 0 aliphatic heterocycles. The van der Waals surface area contributed by atoms with Crippen molar-refractivity contribution in [2.24, 2.45) is 5.10 Å². The van der Waals surface area contributed by atoms with Gasteiger partial charge in [-0.3, -0.25) is 14.6 Å². The summed E-state index contributed by atoms with van der Waals surface area (Å²) in [7, 11) is 0. The molecule has 1 heterocycles. The number of aromatic nitrogens is 1. The maximum absolute atomic E-state index is 11.8. The molecule has 0 fully saturated rings. The largest absolute Gasteiger partial charge is 0.507 e. The van der Waals surface area contributed by atoms with E-state index in [2.05, 4.69) is 15.5 Å². The SMILES string of the molecule is C/C(=N\NC(=O)c1ccccc1O)c1ccccn1.CC(=O)O.[Cu]. The van der Waals surface area contributed by atoms with E-state index in [0.717, 1.165) is 6.92 Å². The number of rotatable bonds is 3. The van der Waals surface area contributed by atoms with Crippen LogP contribution >= 0.6 is 0 Å². The summed E-state index contributed by atoms with van der Waals surface area (Å²) in [5.74, 6) is -1.38. The van der Waals surface area contributed by atoms with Crippen LogP contribution in [0.15, 0.2) is 53.8 Å². The predicted molar refractivity (Wildman–Crippen MR) is 85.3 cm³/mol. The minimum atomic E-state index is -0.833. The minimum Gasteiger partial charge on any atom is -0.507 e. The summed E-state index contributed by atoms with van der Waals surface area (Å²) in [6.07, 6.45) is 1.65. The summed E-state index contributed by atoms with van der Waals surface area (Å²) < 4.78 is 0. The summed E-state index contributed by atoms with van der Waals surface area (Å²) in [6.45, 7) is 2.83. The summed E-state index contributed by atoms with van der Waals surface area (Å²) >= 11 is 0. The van der Waals surface area contributed by atoms with Gasteiger partial charge < -0.3 is 10.2 Å². The number of nitrogens with one attached hydrogen (secondary N) is 1. The third-order valence-corrected chi connectivity index (χ3v) is 2.51. The monoisotopic (exact) mass is 378 g/mol. The standard InChI is InChI=1S/C14H13N3O2.C2H4O2.Cu/c1-10(12-7-4-5-9-15-12)16-17-14(19)11-6-2-3-8-13(11)18;1-2(3)4;/h2-9,18H,1H3,(H,17,19);1H3,(H,3,4);/b16-10+;;. The molecule has 1 aromatic heterocycles. The molecule has 0 aliphatic carbocycles. The van der Waals surface area contributed by atoms with Gasteiger partial charge in [0, 0.05) is 30.2 Å². The molecule has 3 N–H and O–H groups in total. The summed E-state index contributed by atoms with van der Waals surface area (Å²) in [6, 6.07) is 11.7. The topological polar surface area (TPSA) is 112 Å².